The largest absolute Gasteiger partial charge is 0.382 e. The minimum Gasteiger partial charge on any atom is -0.382 e. The number of carbonyl (C=O) groups excluding carboxylic acids is 1. The van der Waals surface area contributed by atoms with E-state index in [9.17, 15) is 9.18 Å². The minimum absolute atomic E-state index is 0.103. The second-order valence-corrected chi connectivity index (χ2v) is 5.79. The number of amides is 1. The highest BCUT2D eigenvalue weighted by Crippen LogP contribution is 2.14. The number of hydrogen-bond acceptors (Lipinski definition) is 3. The van der Waals surface area contributed by atoms with Crippen LogP contribution in [0.25, 0.3) is 0 Å². The Bertz CT molecular complexity index is 473. The zero-order chi connectivity index (χ0) is 16.5. The molecular weight excluding hydrogens is 297 g/mol. The number of ether oxygens (including phenoxy) is 1. The molecule has 0 atom stereocenters. The normalized spacial score (nSPS) is 15.7. The number of halogens is 1. The molecule has 6 heteroatoms. The Labute approximate surface area is 137 Å². The van der Waals surface area contributed by atoms with Gasteiger partial charge in [-0.2, -0.15) is 0 Å². The molecule has 1 aromatic carbocycles. The Kier molecular flexibility index (Phi) is 7.29. The van der Waals surface area contributed by atoms with E-state index in [0.717, 1.165) is 44.9 Å². The van der Waals surface area contributed by atoms with Crippen molar-refractivity contribution >= 4 is 11.6 Å². The van der Waals surface area contributed by atoms with E-state index in [1.54, 1.807) is 0 Å². The number of nitrogens with one attached hydrogen (secondary N) is 2. The van der Waals surface area contributed by atoms with E-state index in [-0.39, 0.29) is 11.7 Å². The minimum atomic E-state index is -0.209. The van der Waals surface area contributed by atoms with Crippen molar-refractivity contribution < 1.29 is 18.8 Å². The van der Waals surface area contributed by atoms with E-state index >= 15 is 0 Å². The summed E-state index contributed by atoms with van der Waals surface area (Å²) < 4.78 is 18.2. The summed E-state index contributed by atoms with van der Waals surface area (Å²) in [5, 5.41) is 2.94. The third kappa shape index (κ3) is 6.15. The van der Waals surface area contributed by atoms with E-state index in [1.165, 1.54) is 17.0 Å². The van der Waals surface area contributed by atoms with Crippen LogP contribution < -0.4 is 15.1 Å². The number of anilines is 1. The molecular formula is C17H27FN3O2+. The van der Waals surface area contributed by atoms with Crippen LogP contribution in [0, 0.1) is 5.82 Å². The number of piperazine rings is 1. The Balaban J connectivity index is 1.64. The average Bonchev–Trinajstić information content (AvgIpc) is 2.56. The number of carbonyl (C=O) groups is 1. The maximum Gasteiger partial charge on any atom is 0.275 e. The number of hydrogen-bond donors (Lipinski definition) is 2. The van der Waals surface area contributed by atoms with E-state index in [2.05, 4.69) is 10.2 Å². The van der Waals surface area contributed by atoms with Gasteiger partial charge < -0.3 is 19.9 Å². The van der Waals surface area contributed by atoms with Gasteiger partial charge in [0.05, 0.1) is 26.2 Å². The summed E-state index contributed by atoms with van der Waals surface area (Å²) in [6, 6.07) is 6.60. The molecule has 1 fully saturated rings. The van der Waals surface area contributed by atoms with Crippen LogP contribution in [0.15, 0.2) is 24.3 Å². The van der Waals surface area contributed by atoms with Crippen molar-refractivity contribution in [3.05, 3.63) is 30.1 Å². The highest BCUT2D eigenvalue weighted by atomic mass is 19.1. The molecule has 5 nitrogen and oxygen atoms in total. The van der Waals surface area contributed by atoms with E-state index in [1.807, 2.05) is 19.1 Å². The first kappa shape index (κ1) is 17.7. The number of benzene rings is 1. The summed E-state index contributed by atoms with van der Waals surface area (Å²) in [4.78, 5) is 15.4. The molecule has 0 aromatic heterocycles. The van der Waals surface area contributed by atoms with E-state index < -0.39 is 0 Å². The van der Waals surface area contributed by atoms with Crippen LogP contribution in [0.2, 0.25) is 0 Å². The van der Waals surface area contributed by atoms with Crippen LogP contribution >= 0.6 is 0 Å². The van der Waals surface area contributed by atoms with E-state index in [0.29, 0.717) is 19.7 Å². The fraction of sp³-hybridized carbons (Fsp3) is 0.588. The fourth-order valence-electron chi connectivity index (χ4n) is 2.75. The third-order valence-corrected chi connectivity index (χ3v) is 4.06. The van der Waals surface area contributed by atoms with Gasteiger partial charge in [-0.05, 0) is 37.6 Å². The second-order valence-electron chi connectivity index (χ2n) is 5.79. The maximum absolute atomic E-state index is 13.0. The lowest BCUT2D eigenvalue weighted by atomic mass is 10.2. The van der Waals surface area contributed by atoms with Gasteiger partial charge in [0.1, 0.15) is 5.82 Å². The van der Waals surface area contributed by atoms with Crippen molar-refractivity contribution in [3.63, 3.8) is 0 Å². The summed E-state index contributed by atoms with van der Waals surface area (Å²) in [6.45, 7) is 8.19. The second kappa shape index (κ2) is 9.47. The number of rotatable bonds is 8. The molecule has 1 aliphatic rings. The van der Waals surface area contributed by atoms with Gasteiger partial charge in [-0.1, -0.05) is 0 Å². The predicted molar refractivity (Wildman–Crippen MR) is 88.3 cm³/mol. The van der Waals surface area contributed by atoms with Gasteiger partial charge in [-0.25, -0.2) is 4.39 Å². The van der Waals surface area contributed by atoms with Crippen molar-refractivity contribution in [1.29, 1.82) is 0 Å². The SMILES string of the molecule is CCOCCCNC(=O)C[NH+]1CCN(c2ccc(F)cc2)CC1. The monoisotopic (exact) mass is 324 g/mol. The first-order chi connectivity index (χ1) is 11.2. The van der Waals surface area contributed by atoms with Gasteiger partial charge in [0.25, 0.3) is 5.91 Å². The first-order valence-corrected chi connectivity index (χ1v) is 8.37. The van der Waals surface area contributed by atoms with Crippen LogP contribution in [0.5, 0.6) is 0 Å². The maximum atomic E-state index is 13.0. The van der Waals surface area contributed by atoms with Gasteiger partial charge >= 0.3 is 0 Å². The average molecular weight is 324 g/mol. The lowest BCUT2D eigenvalue weighted by Crippen LogP contribution is -3.15. The van der Waals surface area contributed by atoms with Crippen molar-refractivity contribution in [3.8, 4) is 0 Å². The van der Waals surface area contributed by atoms with Gasteiger partial charge in [-0.3, -0.25) is 4.79 Å². The highest BCUT2D eigenvalue weighted by Gasteiger charge is 2.22. The first-order valence-electron chi connectivity index (χ1n) is 8.37. The molecule has 1 heterocycles. The van der Waals surface area contributed by atoms with Crippen LogP contribution in [0.3, 0.4) is 0 Å². The Morgan fingerprint density at radius 3 is 2.65 bits per heavy atom. The molecule has 0 spiro atoms. The Morgan fingerprint density at radius 1 is 1.30 bits per heavy atom. The van der Waals surface area contributed by atoms with Crippen LogP contribution in [0.4, 0.5) is 10.1 Å². The Morgan fingerprint density at radius 2 is 2.00 bits per heavy atom. The molecule has 0 unspecified atom stereocenters. The quantitative estimate of drug-likeness (QED) is 0.666. The van der Waals surface area contributed by atoms with E-state index in [4.69, 9.17) is 4.74 Å². The molecule has 23 heavy (non-hydrogen) atoms. The summed E-state index contributed by atoms with van der Waals surface area (Å²) in [6.07, 6.45) is 0.854. The van der Waals surface area contributed by atoms with Gasteiger partial charge in [0.2, 0.25) is 0 Å². The smallest absolute Gasteiger partial charge is 0.275 e. The van der Waals surface area contributed by atoms with Gasteiger partial charge in [-0.15, -0.1) is 0 Å². The molecule has 1 aliphatic heterocycles. The molecule has 0 bridgehead atoms. The summed E-state index contributed by atoms with van der Waals surface area (Å²) >= 11 is 0. The summed E-state index contributed by atoms with van der Waals surface area (Å²) in [5.74, 6) is -0.106. The molecule has 0 radical (unpaired) electrons. The molecule has 128 valence electrons. The summed E-state index contributed by atoms with van der Waals surface area (Å²) in [5.41, 5.74) is 1.05. The predicted octanol–water partition coefficient (Wildman–Crippen LogP) is 0.0734. The van der Waals surface area contributed by atoms with Crippen molar-refractivity contribution in [2.75, 3.05) is 57.4 Å². The van der Waals surface area contributed by atoms with Crippen LogP contribution in [-0.4, -0.2) is 58.4 Å². The summed E-state index contributed by atoms with van der Waals surface area (Å²) in [7, 11) is 0. The molecule has 0 saturated carbocycles. The van der Waals surface area contributed by atoms with Crippen LogP contribution in [-0.2, 0) is 9.53 Å². The molecule has 2 N–H and O–H groups in total. The van der Waals surface area contributed by atoms with Crippen LogP contribution in [0.1, 0.15) is 13.3 Å². The Hall–Kier alpha value is -1.66. The number of quaternary nitrogens is 1. The zero-order valence-electron chi connectivity index (χ0n) is 13.8. The van der Waals surface area contributed by atoms with Crippen molar-refractivity contribution in [1.82, 2.24) is 5.32 Å². The lowest BCUT2D eigenvalue weighted by molar-refractivity contribution is -0.892. The van der Waals surface area contributed by atoms with Crippen molar-refractivity contribution in [2.45, 2.75) is 13.3 Å². The molecule has 0 aliphatic carbocycles. The van der Waals surface area contributed by atoms with Crippen molar-refractivity contribution in [2.24, 2.45) is 0 Å². The lowest BCUT2D eigenvalue weighted by Gasteiger charge is -2.33. The standard InChI is InChI=1S/C17H26FN3O2/c1-2-23-13-3-8-19-17(22)14-20-9-11-21(12-10-20)16-6-4-15(18)5-7-16/h4-7H,2-3,8-14H2,1H3,(H,19,22)/p+1. The molecule has 1 saturated heterocycles. The zero-order valence-corrected chi connectivity index (χ0v) is 13.8. The third-order valence-electron chi connectivity index (χ3n) is 4.06. The number of nitrogens with zero attached hydrogens (tertiary/aromatic N) is 1. The van der Waals surface area contributed by atoms with Gasteiger partial charge in [0, 0.05) is 25.4 Å². The fourth-order valence-corrected chi connectivity index (χ4v) is 2.75. The molecule has 1 aromatic rings. The van der Waals surface area contributed by atoms with Gasteiger partial charge in [0.15, 0.2) is 6.54 Å². The topological polar surface area (TPSA) is 46.0 Å². The highest BCUT2D eigenvalue weighted by molar-refractivity contribution is 5.76. The molecule has 1 amide bonds. The molecule has 2 rings (SSSR count).